The molecule has 2 aromatic carbocycles. The van der Waals surface area contributed by atoms with Crippen molar-refractivity contribution in [2.45, 2.75) is 12.8 Å². The molecule has 2 heterocycles. The van der Waals surface area contributed by atoms with Gasteiger partial charge in [-0.3, -0.25) is 9.78 Å². The van der Waals surface area contributed by atoms with Crippen molar-refractivity contribution in [2.75, 3.05) is 13.7 Å². The van der Waals surface area contributed by atoms with Crippen molar-refractivity contribution >= 4 is 5.91 Å². The summed E-state index contributed by atoms with van der Waals surface area (Å²) in [5.41, 5.74) is 4.06. The Labute approximate surface area is 181 Å². The summed E-state index contributed by atoms with van der Waals surface area (Å²) in [5.74, 6) is 0.700. The number of carbonyl (C=O) groups excluding carboxylic acids is 1. The highest BCUT2D eigenvalue weighted by Crippen LogP contribution is 2.23. The molecule has 4 rings (SSSR count). The van der Waals surface area contributed by atoms with Crippen molar-refractivity contribution in [2.24, 2.45) is 0 Å². The van der Waals surface area contributed by atoms with Gasteiger partial charge in [-0.15, -0.1) is 0 Å². The average Bonchev–Trinajstić information content (AvgIpc) is 3.29. The molecule has 0 fully saturated rings. The van der Waals surface area contributed by atoms with Gasteiger partial charge in [0.15, 0.2) is 0 Å². The molecule has 0 saturated heterocycles. The first kappa shape index (κ1) is 20.3. The van der Waals surface area contributed by atoms with Gasteiger partial charge in [-0.25, -0.2) is 4.68 Å². The summed E-state index contributed by atoms with van der Waals surface area (Å²) < 4.78 is 6.92. The highest BCUT2D eigenvalue weighted by atomic mass is 16.5. The number of rotatable bonds is 8. The molecule has 0 aliphatic heterocycles. The smallest absolute Gasteiger partial charge is 0.255 e. The zero-order chi connectivity index (χ0) is 21.5. The molecule has 0 aliphatic rings. The van der Waals surface area contributed by atoms with Crippen LogP contribution in [0.15, 0.2) is 85.3 Å². The number of nitrogens with one attached hydrogen (secondary N) is 1. The van der Waals surface area contributed by atoms with Crippen LogP contribution in [-0.4, -0.2) is 34.3 Å². The lowest BCUT2D eigenvalue weighted by atomic mass is 10.1. The van der Waals surface area contributed by atoms with Crippen molar-refractivity contribution in [3.63, 3.8) is 0 Å². The van der Waals surface area contributed by atoms with Gasteiger partial charge in [0.25, 0.3) is 5.91 Å². The van der Waals surface area contributed by atoms with Crippen LogP contribution in [0.3, 0.4) is 0 Å². The molecule has 6 nitrogen and oxygen atoms in total. The van der Waals surface area contributed by atoms with Crippen LogP contribution in [0.25, 0.3) is 16.9 Å². The van der Waals surface area contributed by atoms with E-state index in [-0.39, 0.29) is 5.91 Å². The Kier molecular flexibility index (Phi) is 6.38. The van der Waals surface area contributed by atoms with Crippen LogP contribution >= 0.6 is 0 Å². The van der Waals surface area contributed by atoms with Crippen molar-refractivity contribution in [1.82, 2.24) is 20.1 Å². The number of pyridine rings is 1. The van der Waals surface area contributed by atoms with Crippen LogP contribution in [0, 0.1) is 0 Å². The lowest BCUT2D eigenvalue weighted by Crippen LogP contribution is -2.25. The van der Waals surface area contributed by atoms with Gasteiger partial charge in [0.1, 0.15) is 11.4 Å². The maximum atomic E-state index is 13.0. The lowest BCUT2D eigenvalue weighted by molar-refractivity contribution is 0.0954. The third-order valence-corrected chi connectivity index (χ3v) is 5.00. The monoisotopic (exact) mass is 412 g/mol. The fourth-order valence-corrected chi connectivity index (χ4v) is 3.35. The topological polar surface area (TPSA) is 69.0 Å². The van der Waals surface area contributed by atoms with E-state index in [1.165, 1.54) is 5.56 Å². The van der Waals surface area contributed by atoms with Crippen molar-refractivity contribution < 1.29 is 9.53 Å². The minimum atomic E-state index is -0.143. The van der Waals surface area contributed by atoms with E-state index in [0.717, 1.165) is 29.8 Å². The molecule has 0 radical (unpaired) electrons. The Bertz CT molecular complexity index is 1120. The number of hydrogen-bond acceptors (Lipinski definition) is 4. The van der Waals surface area contributed by atoms with Gasteiger partial charge in [0.05, 0.1) is 18.4 Å². The number of amides is 1. The van der Waals surface area contributed by atoms with Crippen LogP contribution in [0.1, 0.15) is 22.3 Å². The first-order valence-electron chi connectivity index (χ1n) is 10.2. The lowest BCUT2D eigenvalue weighted by Gasteiger charge is -2.06. The molecule has 0 aliphatic carbocycles. The highest BCUT2D eigenvalue weighted by Gasteiger charge is 2.18. The summed E-state index contributed by atoms with van der Waals surface area (Å²) >= 11 is 0. The molecule has 4 aromatic rings. The summed E-state index contributed by atoms with van der Waals surface area (Å²) in [6.45, 7) is 0.577. The number of ether oxygens (including phenoxy) is 1. The molecular formula is C25H24N4O2. The Balaban J connectivity index is 1.46. The van der Waals surface area contributed by atoms with Crippen molar-refractivity contribution in [1.29, 1.82) is 0 Å². The first-order chi connectivity index (χ1) is 15.2. The molecule has 1 amide bonds. The number of para-hydroxylation sites is 1. The molecule has 0 atom stereocenters. The van der Waals surface area contributed by atoms with E-state index in [1.54, 1.807) is 30.4 Å². The minimum absolute atomic E-state index is 0.143. The number of aromatic nitrogens is 3. The molecule has 6 heteroatoms. The Morgan fingerprint density at radius 3 is 2.55 bits per heavy atom. The molecule has 2 aromatic heterocycles. The normalized spacial score (nSPS) is 10.6. The van der Waals surface area contributed by atoms with Crippen molar-refractivity contribution in [3.8, 4) is 22.7 Å². The van der Waals surface area contributed by atoms with Gasteiger partial charge in [0, 0.05) is 30.7 Å². The zero-order valence-corrected chi connectivity index (χ0v) is 17.4. The molecule has 0 saturated carbocycles. The molecule has 0 unspecified atom stereocenters. The number of methoxy groups -OCH3 is 1. The highest BCUT2D eigenvalue weighted by molar-refractivity contribution is 5.99. The maximum absolute atomic E-state index is 13.0. The fraction of sp³-hybridized carbons (Fsp3) is 0.160. The standard InChI is InChI=1S/C25H24N4O2/c1-31-22-13-11-19(12-14-22)7-5-16-27-25(30)23-18-29(21-9-3-2-4-10-21)28-24(23)20-8-6-15-26-17-20/h2-4,6,8-15,17-18H,5,7,16H2,1H3,(H,27,30). The largest absolute Gasteiger partial charge is 0.497 e. The number of aryl methyl sites for hydroxylation is 1. The molecule has 1 N–H and O–H groups in total. The Morgan fingerprint density at radius 1 is 1.03 bits per heavy atom. The van der Waals surface area contributed by atoms with E-state index in [1.807, 2.05) is 66.7 Å². The SMILES string of the molecule is COc1ccc(CCCNC(=O)c2cn(-c3ccccc3)nc2-c2cccnc2)cc1. The van der Waals surface area contributed by atoms with E-state index >= 15 is 0 Å². The van der Waals surface area contributed by atoms with E-state index in [2.05, 4.69) is 15.4 Å². The summed E-state index contributed by atoms with van der Waals surface area (Å²) in [6.07, 6.45) is 6.92. The summed E-state index contributed by atoms with van der Waals surface area (Å²) in [6, 6.07) is 21.5. The molecule has 0 spiro atoms. The van der Waals surface area contributed by atoms with Crippen LogP contribution in [0.2, 0.25) is 0 Å². The molecule has 0 bridgehead atoms. The molecule has 156 valence electrons. The van der Waals surface area contributed by atoms with Crippen LogP contribution in [0.4, 0.5) is 0 Å². The quantitative estimate of drug-likeness (QED) is 0.438. The predicted molar refractivity (Wildman–Crippen MR) is 120 cm³/mol. The summed E-state index contributed by atoms with van der Waals surface area (Å²) in [4.78, 5) is 17.2. The van der Waals surface area contributed by atoms with Gasteiger partial charge in [-0.05, 0) is 54.8 Å². The van der Waals surface area contributed by atoms with Gasteiger partial charge in [0.2, 0.25) is 0 Å². The van der Waals surface area contributed by atoms with E-state index in [4.69, 9.17) is 4.74 Å². The summed E-state index contributed by atoms with van der Waals surface area (Å²) in [7, 11) is 1.66. The number of nitrogens with zero attached hydrogens (tertiary/aromatic N) is 3. The first-order valence-corrected chi connectivity index (χ1v) is 10.2. The minimum Gasteiger partial charge on any atom is -0.497 e. The van der Waals surface area contributed by atoms with E-state index in [0.29, 0.717) is 17.8 Å². The number of hydrogen-bond donors (Lipinski definition) is 1. The second-order valence-electron chi connectivity index (χ2n) is 7.12. The average molecular weight is 412 g/mol. The Hall–Kier alpha value is -3.93. The summed E-state index contributed by atoms with van der Waals surface area (Å²) in [5, 5.41) is 7.70. The zero-order valence-electron chi connectivity index (χ0n) is 17.4. The molecular weight excluding hydrogens is 388 g/mol. The van der Waals surface area contributed by atoms with Gasteiger partial charge in [-0.2, -0.15) is 5.10 Å². The predicted octanol–water partition coefficient (Wildman–Crippen LogP) is 4.31. The van der Waals surface area contributed by atoms with Gasteiger partial charge in [-0.1, -0.05) is 30.3 Å². The Morgan fingerprint density at radius 2 is 1.84 bits per heavy atom. The van der Waals surface area contributed by atoms with Crippen LogP contribution in [0.5, 0.6) is 5.75 Å². The van der Waals surface area contributed by atoms with Crippen molar-refractivity contribution in [3.05, 3.63) is 96.4 Å². The fourth-order valence-electron chi connectivity index (χ4n) is 3.35. The molecule has 31 heavy (non-hydrogen) atoms. The van der Waals surface area contributed by atoms with Crippen LogP contribution < -0.4 is 10.1 Å². The maximum Gasteiger partial charge on any atom is 0.255 e. The third kappa shape index (κ3) is 4.98. The second kappa shape index (κ2) is 9.71. The van der Waals surface area contributed by atoms with E-state index in [9.17, 15) is 4.79 Å². The van der Waals surface area contributed by atoms with Gasteiger partial charge >= 0.3 is 0 Å². The van der Waals surface area contributed by atoms with E-state index < -0.39 is 0 Å². The third-order valence-electron chi connectivity index (χ3n) is 5.00. The van der Waals surface area contributed by atoms with Crippen LogP contribution in [-0.2, 0) is 6.42 Å². The number of benzene rings is 2. The van der Waals surface area contributed by atoms with Gasteiger partial charge < -0.3 is 10.1 Å². The number of carbonyl (C=O) groups is 1. The second-order valence-corrected chi connectivity index (χ2v) is 7.12.